The molecule has 0 aliphatic carbocycles. The lowest BCUT2D eigenvalue weighted by molar-refractivity contribution is -0.113. The van der Waals surface area contributed by atoms with Crippen LogP contribution < -0.4 is 5.32 Å². The van der Waals surface area contributed by atoms with Gasteiger partial charge in [0.15, 0.2) is 9.84 Å². The minimum Gasteiger partial charge on any atom is -0.324 e. The van der Waals surface area contributed by atoms with E-state index >= 15 is 0 Å². The molecular formula is C15H13Cl2NO3S. The first-order chi connectivity index (χ1) is 10.4. The number of anilines is 1. The van der Waals surface area contributed by atoms with Gasteiger partial charge in [0.25, 0.3) is 0 Å². The topological polar surface area (TPSA) is 63.2 Å². The predicted octanol–water partition coefficient (Wildman–Crippen LogP) is 3.55. The zero-order valence-electron chi connectivity index (χ0n) is 11.4. The summed E-state index contributed by atoms with van der Waals surface area (Å²) in [5.41, 5.74) is 0.921. The minimum absolute atomic E-state index is 0.190. The van der Waals surface area contributed by atoms with E-state index in [0.717, 1.165) is 0 Å². The molecule has 0 atom stereocenters. The zero-order valence-corrected chi connectivity index (χ0v) is 13.8. The van der Waals surface area contributed by atoms with Gasteiger partial charge in [-0.05, 0) is 23.8 Å². The van der Waals surface area contributed by atoms with Crippen LogP contribution in [0.25, 0.3) is 0 Å². The highest BCUT2D eigenvalue weighted by atomic mass is 35.5. The molecular weight excluding hydrogens is 345 g/mol. The highest BCUT2D eigenvalue weighted by Gasteiger charge is 2.18. The molecule has 0 unspecified atom stereocenters. The zero-order chi connectivity index (χ0) is 16.2. The van der Waals surface area contributed by atoms with E-state index in [-0.39, 0.29) is 11.4 Å². The smallest absolute Gasteiger partial charge is 0.239 e. The molecule has 1 N–H and O–H groups in total. The summed E-state index contributed by atoms with van der Waals surface area (Å²) in [5.74, 6) is -1.46. The summed E-state index contributed by atoms with van der Waals surface area (Å²) in [4.78, 5) is 11.9. The lowest BCUT2D eigenvalue weighted by Crippen LogP contribution is -2.24. The van der Waals surface area contributed by atoms with Gasteiger partial charge < -0.3 is 5.32 Å². The average Bonchev–Trinajstić information content (AvgIpc) is 2.42. The van der Waals surface area contributed by atoms with Gasteiger partial charge in [0, 0.05) is 5.02 Å². The molecule has 0 saturated carbocycles. The van der Waals surface area contributed by atoms with Crippen LogP contribution in [-0.2, 0) is 20.4 Å². The van der Waals surface area contributed by atoms with Gasteiger partial charge in [0.05, 0.1) is 16.5 Å². The molecule has 0 aromatic heterocycles. The fraction of sp³-hybridized carbons (Fsp3) is 0.133. The Morgan fingerprint density at radius 2 is 1.73 bits per heavy atom. The summed E-state index contributed by atoms with van der Waals surface area (Å²) >= 11 is 11.7. The van der Waals surface area contributed by atoms with Crippen molar-refractivity contribution in [2.24, 2.45) is 0 Å². The van der Waals surface area contributed by atoms with Gasteiger partial charge in [-0.15, -0.1) is 0 Å². The molecule has 0 radical (unpaired) electrons. The highest BCUT2D eigenvalue weighted by Crippen LogP contribution is 2.25. The molecule has 116 valence electrons. The SMILES string of the molecule is O=C(CS(=O)(=O)Cc1ccccc1)Nc1cc(Cl)ccc1Cl. The van der Waals surface area contributed by atoms with Crippen LogP contribution in [0.3, 0.4) is 0 Å². The van der Waals surface area contributed by atoms with Gasteiger partial charge in [-0.2, -0.15) is 0 Å². The highest BCUT2D eigenvalue weighted by molar-refractivity contribution is 7.91. The van der Waals surface area contributed by atoms with E-state index in [4.69, 9.17) is 23.2 Å². The Bertz CT molecular complexity index is 777. The van der Waals surface area contributed by atoms with Gasteiger partial charge in [0.1, 0.15) is 5.75 Å². The molecule has 1 amide bonds. The molecule has 7 heteroatoms. The van der Waals surface area contributed by atoms with E-state index in [1.807, 2.05) is 0 Å². The fourth-order valence-electron chi connectivity index (χ4n) is 1.86. The molecule has 0 spiro atoms. The first-order valence-electron chi connectivity index (χ1n) is 6.35. The number of benzene rings is 2. The lowest BCUT2D eigenvalue weighted by atomic mass is 10.2. The molecule has 2 aromatic rings. The summed E-state index contributed by atoms with van der Waals surface area (Å²) in [5, 5.41) is 3.14. The van der Waals surface area contributed by atoms with Crippen molar-refractivity contribution in [2.45, 2.75) is 5.75 Å². The molecule has 2 aromatic carbocycles. The quantitative estimate of drug-likeness (QED) is 0.889. The molecule has 4 nitrogen and oxygen atoms in total. The monoisotopic (exact) mass is 357 g/mol. The van der Waals surface area contributed by atoms with Crippen LogP contribution in [0.15, 0.2) is 48.5 Å². The van der Waals surface area contributed by atoms with Crippen LogP contribution >= 0.6 is 23.2 Å². The number of carbonyl (C=O) groups is 1. The molecule has 0 saturated heterocycles. The molecule has 0 aliphatic heterocycles. The van der Waals surface area contributed by atoms with Crippen molar-refractivity contribution in [2.75, 3.05) is 11.1 Å². The lowest BCUT2D eigenvalue weighted by Gasteiger charge is -2.08. The van der Waals surface area contributed by atoms with Crippen LogP contribution in [0, 0.1) is 0 Å². The summed E-state index contributed by atoms with van der Waals surface area (Å²) in [7, 11) is -3.57. The normalized spacial score (nSPS) is 11.2. The second kappa shape index (κ2) is 7.13. The number of hydrogen-bond donors (Lipinski definition) is 1. The Kier molecular flexibility index (Phi) is 5.45. The largest absolute Gasteiger partial charge is 0.324 e. The molecule has 2 rings (SSSR count). The summed E-state index contributed by atoms with van der Waals surface area (Å²) in [6.45, 7) is 0. The van der Waals surface area contributed by atoms with Crippen molar-refractivity contribution < 1.29 is 13.2 Å². The van der Waals surface area contributed by atoms with Crippen molar-refractivity contribution >= 4 is 44.6 Å². The number of sulfone groups is 1. The number of halogens is 2. The Labute approximate surface area is 139 Å². The maximum Gasteiger partial charge on any atom is 0.239 e. The predicted molar refractivity (Wildman–Crippen MR) is 89.0 cm³/mol. The molecule has 0 bridgehead atoms. The Balaban J connectivity index is 2.03. The third-order valence-electron chi connectivity index (χ3n) is 2.78. The Morgan fingerprint density at radius 3 is 2.41 bits per heavy atom. The Hall–Kier alpha value is -1.56. The second-order valence-electron chi connectivity index (χ2n) is 4.69. The first-order valence-corrected chi connectivity index (χ1v) is 8.93. The van der Waals surface area contributed by atoms with Gasteiger partial charge in [0.2, 0.25) is 5.91 Å². The third kappa shape index (κ3) is 5.02. The van der Waals surface area contributed by atoms with Crippen molar-refractivity contribution in [3.63, 3.8) is 0 Å². The molecule has 0 heterocycles. The van der Waals surface area contributed by atoms with Crippen molar-refractivity contribution in [3.8, 4) is 0 Å². The van der Waals surface area contributed by atoms with Crippen LogP contribution in [0.5, 0.6) is 0 Å². The van der Waals surface area contributed by atoms with E-state index in [2.05, 4.69) is 5.32 Å². The van der Waals surface area contributed by atoms with Crippen LogP contribution in [0.4, 0.5) is 5.69 Å². The number of carbonyl (C=O) groups excluding carboxylic acids is 1. The summed E-state index contributed by atoms with van der Waals surface area (Å²) < 4.78 is 24.1. The van der Waals surface area contributed by atoms with Gasteiger partial charge >= 0.3 is 0 Å². The second-order valence-corrected chi connectivity index (χ2v) is 7.60. The standard InChI is InChI=1S/C15H13Cl2NO3S/c16-12-6-7-13(17)14(8-12)18-15(19)10-22(20,21)9-11-4-2-1-3-5-11/h1-8H,9-10H2,(H,18,19). The number of rotatable bonds is 5. The number of nitrogens with one attached hydrogen (secondary N) is 1. The maximum absolute atomic E-state index is 12.0. The van der Waals surface area contributed by atoms with E-state index < -0.39 is 21.5 Å². The van der Waals surface area contributed by atoms with Crippen LogP contribution in [0.2, 0.25) is 10.0 Å². The van der Waals surface area contributed by atoms with E-state index in [1.54, 1.807) is 36.4 Å². The average molecular weight is 358 g/mol. The van der Waals surface area contributed by atoms with E-state index in [0.29, 0.717) is 15.6 Å². The molecule has 0 aliphatic rings. The minimum atomic E-state index is -3.57. The van der Waals surface area contributed by atoms with Crippen molar-refractivity contribution in [3.05, 3.63) is 64.1 Å². The van der Waals surface area contributed by atoms with Crippen molar-refractivity contribution in [1.82, 2.24) is 0 Å². The molecule has 22 heavy (non-hydrogen) atoms. The maximum atomic E-state index is 12.0. The van der Waals surface area contributed by atoms with Gasteiger partial charge in [-0.1, -0.05) is 53.5 Å². The van der Waals surface area contributed by atoms with E-state index in [1.165, 1.54) is 12.1 Å². The first kappa shape index (κ1) is 16.8. The Morgan fingerprint density at radius 1 is 1.05 bits per heavy atom. The molecule has 0 fully saturated rings. The van der Waals surface area contributed by atoms with Crippen molar-refractivity contribution in [1.29, 1.82) is 0 Å². The van der Waals surface area contributed by atoms with Gasteiger partial charge in [-0.25, -0.2) is 8.42 Å². The van der Waals surface area contributed by atoms with Crippen LogP contribution in [-0.4, -0.2) is 20.1 Å². The van der Waals surface area contributed by atoms with E-state index in [9.17, 15) is 13.2 Å². The number of amides is 1. The third-order valence-corrected chi connectivity index (χ3v) is 4.82. The fourth-order valence-corrected chi connectivity index (χ4v) is 3.47. The van der Waals surface area contributed by atoms with Gasteiger partial charge in [-0.3, -0.25) is 4.79 Å². The summed E-state index contributed by atoms with van der Waals surface area (Å²) in [6, 6.07) is 13.2. The number of hydrogen-bond acceptors (Lipinski definition) is 3. The van der Waals surface area contributed by atoms with Crippen LogP contribution in [0.1, 0.15) is 5.56 Å². The summed E-state index contributed by atoms with van der Waals surface area (Å²) in [6.07, 6.45) is 0.